The lowest BCUT2D eigenvalue weighted by Gasteiger charge is -2.21. The number of benzene rings is 2. The normalized spacial score (nSPS) is 13.1. The van der Waals surface area contributed by atoms with Crippen LogP contribution < -0.4 is 10.6 Å². The zero-order valence-electron chi connectivity index (χ0n) is 15.0. The van der Waals surface area contributed by atoms with E-state index in [1.54, 1.807) is 12.1 Å². The maximum Gasteiger partial charge on any atom is 0.417 e. The van der Waals surface area contributed by atoms with Gasteiger partial charge in [-0.2, -0.15) is 13.2 Å². The van der Waals surface area contributed by atoms with Crippen LogP contribution in [0.25, 0.3) is 0 Å². The van der Waals surface area contributed by atoms with Crippen LogP contribution in [0.1, 0.15) is 30.5 Å². The molecular formula is C18H18ClF3N2O2S2. The van der Waals surface area contributed by atoms with Crippen molar-refractivity contribution in [2.75, 3.05) is 11.6 Å². The van der Waals surface area contributed by atoms with Crippen LogP contribution in [-0.4, -0.2) is 19.8 Å². The molecule has 4 nitrogen and oxygen atoms in total. The van der Waals surface area contributed by atoms with Gasteiger partial charge in [0.05, 0.1) is 21.5 Å². The van der Waals surface area contributed by atoms with E-state index in [9.17, 15) is 21.6 Å². The molecule has 0 unspecified atom stereocenters. The van der Waals surface area contributed by atoms with Crippen molar-refractivity contribution in [2.24, 2.45) is 0 Å². The molecule has 0 saturated carbocycles. The highest BCUT2D eigenvalue weighted by Gasteiger charge is 2.33. The molecule has 0 saturated heterocycles. The monoisotopic (exact) mass is 450 g/mol. The molecule has 0 aliphatic rings. The standard InChI is InChI=1S/C18H18ClF3N2O2S2/c1-3-16(11-4-7-13(8-5-11)28(2,25)26)24-17(27)23-12-6-9-15(19)14(10-12)18(20,21)22/h4-10,16H,3H2,1-2H3,(H2,23,24,27)/t16-/m1/s1. The molecule has 1 atom stereocenters. The molecule has 28 heavy (non-hydrogen) atoms. The fraction of sp³-hybridized carbons (Fsp3) is 0.278. The lowest BCUT2D eigenvalue weighted by molar-refractivity contribution is -0.137. The summed E-state index contributed by atoms with van der Waals surface area (Å²) >= 11 is 10.8. The van der Waals surface area contributed by atoms with Gasteiger partial charge in [0.1, 0.15) is 0 Å². The topological polar surface area (TPSA) is 58.2 Å². The van der Waals surface area contributed by atoms with E-state index < -0.39 is 26.6 Å². The van der Waals surface area contributed by atoms with Crippen molar-refractivity contribution >= 4 is 44.5 Å². The molecule has 0 aliphatic heterocycles. The van der Waals surface area contributed by atoms with Gasteiger partial charge >= 0.3 is 6.18 Å². The predicted octanol–water partition coefficient (Wildman–Crippen LogP) is 5.20. The Bertz CT molecular complexity index is 962. The minimum atomic E-state index is -4.57. The summed E-state index contributed by atoms with van der Waals surface area (Å²) in [7, 11) is -3.30. The second-order valence-electron chi connectivity index (χ2n) is 6.09. The number of sulfone groups is 1. The van der Waals surface area contributed by atoms with Crippen molar-refractivity contribution in [3.63, 3.8) is 0 Å². The minimum Gasteiger partial charge on any atom is -0.356 e. The van der Waals surface area contributed by atoms with Crippen molar-refractivity contribution in [2.45, 2.75) is 30.5 Å². The summed E-state index contributed by atoms with van der Waals surface area (Å²) in [5, 5.41) is 5.48. The maximum absolute atomic E-state index is 13.0. The molecule has 0 radical (unpaired) electrons. The molecule has 0 aliphatic carbocycles. The van der Waals surface area contributed by atoms with Gasteiger partial charge in [-0.1, -0.05) is 30.7 Å². The van der Waals surface area contributed by atoms with Crippen molar-refractivity contribution in [1.82, 2.24) is 5.32 Å². The molecule has 2 aromatic rings. The van der Waals surface area contributed by atoms with Crippen LogP contribution in [0.4, 0.5) is 18.9 Å². The average Bonchev–Trinajstić information content (AvgIpc) is 2.59. The number of halogens is 4. The second kappa shape index (κ2) is 8.67. The van der Waals surface area contributed by atoms with E-state index in [-0.39, 0.29) is 21.7 Å². The van der Waals surface area contributed by atoms with E-state index in [0.29, 0.717) is 6.42 Å². The largest absolute Gasteiger partial charge is 0.417 e. The number of thiocarbonyl (C=S) groups is 1. The average molecular weight is 451 g/mol. The molecule has 152 valence electrons. The number of hydrogen-bond donors (Lipinski definition) is 2. The number of alkyl halides is 3. The van der Waals surface area contributed by atoms with Gasteiger partial charge in [-0.3, -0.25) is 0 Å². The highest BCUT2D eigenvalue weighted by molar-refractivity contribution is 7.90. The molecule has 0 amide bonds. The molecule has 0 spiro atoms. The molecular weight excluding hydrogens is 433 g/mol. The van der Waals surface area contributed by atoms with Crippen LogP contribution >= 0.6 is 23.8 Å². The van der Waals surface area contributed by atoms with Crippen molar-refractivity contribution in [3.05, 3.63) is 58.6 Å². The molecule has 2 aromatic carbocycles. The van der Waals surface area contributed by atoms with E-state index in [4.69, 9.17) is 23.8 Å². The Kier molecular flexibility index (Phi) is 6.95. The van der Waals surface area contributed by atoms with Crippen LogP contribution in [0.3, 0.4) is 0 Å². The van der Waals surface area contributed by atoms with E-state index in [0.717, 1.165) is 24.0 Å². The highest BCUT2D eigenvalue weighted by Crippen LogP contribution is 2.36. The Morgan fingerprint density at radius 3 is 2.29 bits per heavy atom. The molecule has 10 heteroatoms. The quantitative estimate of drug-likeness (QED) is 0.613. The Balaban J connectivity index is 2.13. The van der Waals surface area contributed by atoms with Gasteiger partial charge in [-0.15, -0.1) is 0 Å². The van der Waals surface area contributed by atoms with Crippen LogP contribution in [0.15, 0.2) is 47.4 Å². The summed E-state index contributed by atoms with van der Waals surface area (Å²) in [5.41, 5.74) is -0.00647. The number of nitrogens with one attached hydrogen (secondary N) is 2. The van der Waals surface area contributed by atoms with Crippen LogP contribution in [0.2, 0.25) is 5.02 Å². The maximum atomic E-state index is 13.0. The summed E-state index contributed by atoms with van der Waals surface area (Å²) in [6, 6.07) is 9.53. The lowest BCUT2D eigenvalue weighted by Crippen LogP contribution is -2.32. The first-order valence-corrected chi connectivity index (χ1v) is 10.8. The molecule has 2 N–H and O–H groups in total. The Hall–Kier alpha value is -1.84. The first kappa shape index (κ1) is 22.4. The van der Waals surface area contributed by atoms with E-state index in [1.807, 2.05) is 6.92 Å². The van der Waals surface area contributed by atoms with Crippen molar-refractivity contribution < 1.29 is 21.6 Å². The summed E-state index contributed by atoms with van der Waals surface area (Å²) < 4.78 is 62.0. The van der Waals surface area contributed by atoms with Crippen molar-refractivity contribution in [3.8, 4) is 0 Å². The molecule has 0 bridgehead atoms. The van der Waals surface area contributed by atoms with Gasteiger partial charge in [-0.05, 0) is 54.5 Å². The number of anilines is 1. The summed E-state index contributed by atoms with van der Waals surface area (Å²) in [4.78, 5) is 0.202. The van der Waals surface area contributed by atoms with Gasteiger partial charge in [-0.25, -0.2) is 8.42 Å². The Morgan fingerprint density at radius 2 is 1.79 bits per heavy atom. The highest BCUT2D eigenvalue weighted by atomic mass is 35.5. The smallest absolute Gasteiger partial charge is 0.356 e. The lowest BCUT2D eigenvalue weighted by atomic mass is 10.1. The molecule has 0 fully saturated rings. The van der Waals surface area contributed by atoms with Gasteiger partial charge in [0.15, 0.2) is 14.9 Å². The zero-order valence-corrected chi connectivity index (χ0v) is 17.4. The summed E-state index contributed by atoms with van der Waals surface area (Å²) in [6.45, 7) is 1.90. The third-order valence-electron chi connectivity index (χ3n) is 3.95. The molecule has 0 aromatic heterocycles. The SMILES string of the molecule is CC[C@@H](NC(=S)Nc1ccc(Cl)c(C(F)(F)F)c1)c1ccc(S(C)(=O)=O)cc1. The van der Waals surface area contributed by atoms with E-state index in [1.165, 1.54) is 18.2 Å². The summed E-state index contributed by atoms with van der Waals surface area (Å²) in [6.07, 6.45) is -2.83. The van der Waals surface area contributed by atoms with Gasteiger partial charge in [0.2, 0.25) is 0 Å². The first-order valence-electron chi connectivity index (χ1n) is 8.16. The third kappa shape index (κ3) is 5.83. The van der Waals surface area contributed by atoms with E-state index >= 15 is 0 Å². The number of rotatable bonds is 5. The van der Waals surface area contributed by atoms with Gasteiger partial charge in [0.25, 0.3) is 0 Å². The Morgan fingerprint density at radius 1 is 1.18 bits per heavy atom. The van der Waals surface area contributed by atoms with Crippen LogP contribution in [0.5, 0.6) is 0 Å². The fourth-order valence-corrected chi connectivity index (χ4v) is 3.63. The molecule has 0 heterocycles. The van der Waals surface area contributed by atoms with Crippen LogP contribution in [0, 0.1) is 0 Å². The molecule has 2 rings (SSSR count). The van der Waals surface area contributed by atoms with Crippen LogP contribution in [-0.2, 0) is 16.0 Å². The summed E-state index contributed by atoms with van der Waals surface area (Å²) in [5.74, 6) is 0. The number of hydrogen-bond acceptors (Lipinski definition) is 3. The van der Waals surface area contributed by atoms with E-state index in [2.05, 4.69) is 10.6 Å². The fourth-order valence-electron chi connectivity index (χ4n) is 2.51. The van der Waals surface area contributed by atoms with Gasteiger partial charge < -0.3 is 10.6 Å². The zero-order chi connectivity index (χ0) is 21.1. The van der Waals surface area contributed by atoms with Crippen molar-refractivity contribution in [1.29, 1.82) is 0 Å². The third-order valence-corrected chi connectivity index (χ3v) is 5.63. The first-order chi connectivity index (χ1) is 12.9. The second-order valence-corrected chi connectivity index (χ2v) is 8.92. The van der Waals surface area contributed by atoms with Gasteiger partial charge in [0, 0.05) is 11.9 Å². The minimum absolute atomic E-state index is 0.134. The predicted molar refractivity (Wildman–Crippen MR) is 108 cm³/mol. The Labute approximate surface area is 172 Å².